The highest BCUT2D eigenvalue weighted by Crippen LogP contribution is 2.14. The maximum Gasteiger partial charge on any atom is 0.257 e. The Morgan fingerprint density at radius 3 is 2.69 bits per heavy atom. The van der Waals surface area contributed by atoms with Crippen molar-refractivity contribution in [1.82, 2.24) is 35.3 Å². The van der Waals surface area contributed by atoms with Gasteiger partial charge in [0.05, 0.1) is 11.4 Å². The van der Waals surface area contributed by atoms with Crippen molar-refractivity contribution in [3.05, 3.63) is 48.0 Å². The quantitative estimate of drug-likeness (QED) is 0.607. The largest absolute Gasteiger partial charge is 0.484 e. The molecule has 2 aromatic heterocycles. The highest BCUT2D eigenvalue weighted by molar-refractivity contribution is 5.77. The summed E-state index contributed by atoms with van der Waals surface area (Å²) in [5.41, 5.74) is 2.95. The lowest BCUT2D eigenvalue weighted by Crippen LogP contribution is -2.30. The van der Waals surface area contributed by atoms with Crippen LogP contribution in [-0.2, 0) is 11.3 Å². The molecule has 0 saturated heterocycles. The number of nitrogens with zero attached hydrogens (tertiary/aromatic N) is 6. The van der Waals surface area contributed by atoms with Crippen LogP contribution in [0.3, 0.4) is 0 Å². The van der Waals surface area contributed by atoms with Crippen molar-refractivity contribution < 1.29 is 9.53 Å². The van der Waals surface area contributed by atoms with E-state index in [4.69, 9.17) is 4.74 Å². The fourth-order valence-corrected chi connectivity index (χ4v) is 2.53. The number of hydrogen-bond donors (Lipinski definition) is 1. The van der Waals surface area contributed by atoms with Gasteiger partial charge in [0.1, 0.15) is 12.1 Å². The molecule has 0 aliphatic rings. The average Bonchev–Trinajstić information content (AvgIpc) is 3.27. The molecule has 0 atom stereocenters. The van der Waals surface area contributed by atoms with Crippen molar-refractivity contribution in [2.75, 3.05) is 13.2 Å². The van der Waals surface area contributed by atoms with Gasteiger partial charge in [0.2, 0.25) is 0 Å². The van der Waals surface area contributed by atoms with E-state index in [9.17, 15) is 4.79 Å². The summed E-state index contributed by atoms with van der Waals surface area (Å²) in [5, 5.41) is 18.2. The Labute approximate surface area is 151 Å². The number of aryl methyl sites for hydroxylation is 3. The zero-order chi connectivity index (χ0) is 18.4. The van der Waals surface area contributed by atoms with Crippen molar-refractivity contribution in [2.45, 2.75) is 26.8 Å². The number of hydrogen-bond acceptors (Lipinski definition) is 6. The number of ether oxygens (including phenoxy) is 1. The van der Waals surface area contributed by atoms with Crippen LogP contribution in [0.5, 0.6) is 5.75 Å². The number of nitrogens with one attached hydrogen (secondary N) is 1. The molecule has 0 bridgehead atoms. The predicted molar refractivity (Wildman–Crippen MR) is 94.0 cm³/mol. The smallest absolute Gasteiger partial charge is 0.257 e. The van der Waals surface area contributed by atoms with Crippen molar-refractivity contribution >= 4 is 5.91 Å². The van der Waals surface area contributed by atoms with Crippen LogP contribution in [0.15, 0.2) is 36.7 Å². The Hall–Kier alpha value is -3.23. The minimum atomic E-state index is -0.150. The number of carbonyl (C=O) groups excluding carboxylic acids is 1. The Balaban J connectivity index is 1.36. The molecule has 1 N–H and O–H groups in total. The Morgan fingerprint density at radius 1 is 1.23 bits per heavy atom. The van der Waals surface area contributed by atoms with Crippen LogP contribution in [0.2, 0.25) is 0 Å². The van der Waals surface area contributed by atoms with E-state index in [0.717, 1.165) is 30.0 Å². The first-order valence-electron chi connectivity index (χ1n) is 8.36. The van der Waals surface area contributed by atoms with Gasteiger partial charge < -0.3 is 10.1 Å². The second kappa shape index (κ2) is 8.24. The molecule has 3 aromatic rings. The van der Waals surface area contributed by atoms with Crippen LogP contribution in [0.1, 0.15) is 17.8 Å². The Bertz CT molecular complexity index is 841. The second-order valence-corrected chi connectivity index (χ2v) is 5.89. The van der Waals surface area contributed by atoms with Gasteiger partial charge in [-0.25, -0.2) is 4.68 Å². The lowest BCUT2D eigenvalue weighted by Gasteiger charge is -2.09. The van der Waals surface area contributed by atoms with Gasteiger partial charge in [0, 0.05) is 18.8 Å². The standard InChI is InChI=1S/C17H21N7O2/c1-13-10-14(2)23(20-13)9-3-8-18-17(25)11-26-16-6-4-15(5-7-16)24-12-19-21-22-24/h4-7,10,12H,3,8-9,11H2,1-2H3,(H,18,25). The van der Waals surface area contributed by atoms with E-state index >= 15 is 0 Å². The summed E-state index contributed by atoms with van der Waals surface area (Å²) in [6, 6.07) is 9.22. The molecule has 0 unspecified atom stereocenters. The third kappa shape index (κ3) is 4.65. The first-order chi connectivity index (χ1) is 12.6. The van der Waals surface area contributed by atoms with Gasteiger partial charge in [-0.2, -0.15) is 5.10 Å². The first kappa shape index (κ1) is 17.6. The molecule has 0 aliphatic heterocycles. The molecule has 9 nitrogen and oxygen atoms in total. The van der Waals surface area contributed by atoms with Crippen LogP contribution in [0, 0.1) is 13.8 Å². The minimum absolute atomic E-state index is 0.0237. The normalized spacial score (nSPS) is 10.7. The molecule has 2 heterocycles. The predicted octanol–water partition coefficient (Wildman–Crippen LogP) is 1.06. The topological polar surface area (TPSA) is 99.8 Å². The highest BCUT2D eigenvalue weighted by Gasteiger charge is 2.05. The highest BCUT2D eigenvalue weighted by atomic mass is 16.5. The Morgan fingerprint density at radius 2 is 2.04 bits per heavy atom. The van der Waals surface area contributed by atoms with Gasteiger partial charge >= 0.3 is 0 Å². The van der Waals surface area contributed by atoms with Crippen LogP contribution >= 0.6 is 0 Å². The van der Waals surface area contributed by atoms with E-state index in [1.807, 2.05) is 36.7 Å². The van der Waals surface area contributed by atoms with E-state index in [0.29, 0.717) is 12.3 Å². The first-order valence-corrected chi connectivity index (χ1v) is 8.36. The molecule has 0 spiro atoms. The van der Waals surface area contributed by atoms with E-state index < -0.39 is 0 Å². The van der Waals surface area contributed by atoms with Crippen molar-refractivity contribution in [3.8, 4) is 11.4 Å². The molecule has 0 radical (unpaired) electrons. The molecule has 0 fully saturated rings. The fourth-order valence-electron chi connectivity index (χ4n) is 2.53. The molecule has 26 heavy (non-hydrogen) atoms. The molecule has 1 aromatic carbocycles. The molecule has 0 aliphatic carbocycles. The Kier molecular flexibility index (Phi) is 5.57. The molecular weight excluding hydrogens is 334 g/mol. The summed E-state index contributed by atoms with van der Waals surface area (Å²) in [6.45, 7) is 5.33. The monoisotopic (exact) mass is 355 g/mol. The molecule has 9 heteroatoms. The summed E-state index contributed by atoms with van der Waals surface area (Å²) < 4.78 is 8.98. The lowest BCUT2D eigenvalue weighted by atomic mass is 10.3. The number of aromatic nitrogens is 6. The molecular formula is C17H21N7O2. The van der Waals surface area contributed by atoms with Crippen molar-refractivity contribution in [1.29, 1.82) is 0 Å². The zero-order valence-electron chi connectivity index (χ0n) is 14.8. The molecule has 3 rings (SSSR count). The maximum atomic E-state index is 11.9. The van der Waals surface area contributed by atoms with Crippen LogP contribution in [0.25, 0.3) is 5.69 Å². The van der Waals surface area contributed by atoms with E-state index in [1.54, 1.807) is 16.8 Å². The lowest BCUT2D eigenvalue weighted by molar-refractivity contribution is -0.123. The summed E-state index contributed by atoms with van der Waals surface area (Å²) in [6.07, 6.45) is 2.32. The van der Waals surface area contributed by atoms with E-state index in [1.165, 1.54) is 6.33 Å². The molecule has 1 amide bonds. The van der Waals surface area contributed by atoms with Gasteiger partial charge in [0.25, 0.3) is 5.91 Å². The zero-order valence-corrected chi connectivity index (χ0v) is 14.8. The summed E-state index contributed by atoms with van der Waals surface area (Å²) in [4.78, 5) is 11.9. The number of benzene rings is 1. The number of amides is 1. The van der Waals surface area contributed by atoms with Crippen molar-refractivity contribution in [3.63, 3.8) is 0 Å². The minimum Gasteiger partial charge on any atom is -0.484 e. The second-order valence-electron chi connectivity index (χ2n) is 5.89. The SMILES string of the molecule is Cc1cc(C)n(CCCNC(=O)COc2ccc(-n3cnnn3)cc2)n1. The fraction of sp³-hybridized carbons (Fsp3) is 0.353. The third-order valence-electron chi connectivity index (χ3n) is 3.79. The number of rotatable bonds is 8. The van der Waals surface area contributed by atoms with Gasteiger partial charge in [-0.05, 0) is 61.0 Å². The summed E-state index contributed by atoms with van der Waals surface area (Å²) in [7, 11) is 0. The van der Waals surface area contributed by atoms with E-state index in [-0.39, 0.29) is 12.5 Å². The van der Waals surface area contributed by atoms with Crippen LogP contribution in [0.4, 0.5) is 0 Å². The molecule has 136 valence electrons. The maximum absolute atomic E-state index is 11.9. The number of tetrazole rings is 1. The summed E-state index contributed by atoms with van der Waals surface area (Å²) in [5.74, 6) is 0.461. The van der Waals surface area contributed by atoms with Crippen molar-refractivity contribution in [2.24, 2.45) is 0 Å². The average molecular weight is 355 g/mol. The summed E-state index contributed by atoms with van der Waals surface area (Å²) >= 11 is 0. The van der Waals surface area contributed by atoms with Crippen LogP contribution < -0.4 is 10.1 Å². The van der Waals surface area contributed by atoms with Gasteiger partial charge in [-0.3, -0.25) is 9.48 Å². The third-order valence-corrected chi connectivity index (χ3v) is 3.79. The van der Waals surface area contributed by atoms with E-state index in [2.05, 4.69) is 25.9 Å². The van der Waals surface area contributed by atoms with Crippen LogP contribution in [-0.4, -0.2) is 49.0 Å². The van der Waals surface area contributed by atoms with Gasteiger partial charge in [0.15, 0.2) is 6.61 Å². The molecule has 0 saturated carbocycles. The van der Waals surface area contributed by atoms with Gasteiger partial charge in [-0.1, -0.05) is 0 Å². The number of carbonyl (C=O) groups is 1. The van der Waals surface area contributed by atoms with Gasteiger partial charge in [-0.15, -0.1) is 5.10 Å².